The zero-order valence-electron chi connectivity index (χ0n) is 10.3. The van der Waals surface area contributed by atoms with E-state index in [0.717, 1.165) is 0 Å². The van der Waals surface area contributed by atoms with E-state index in [1.54, 1.807) is 6.92 Å². The van der Waals surface area contributed by atoms with Gasteiger partial charge in [-0.3, -0.25) is 9.59 Å². The molecule has 5 nitrogen and oxygen atoms in total. The molecule has 0 aliphatic rings. The van der Waals surface area contributed by atoms with Crippen LogP contribution in [0.1, 0.15) is 22.8 Å². The van der Waals surface area contributed by atoms with Crippen LogP contribution in [0.4, 0.5) is 0 Å². The van der Waals surface area contributed by atoms with Crippen molar-refractivity contribution in [1.29, 1.82) is 0 Å². The molecule has 0 amide bonds. The second-order valence-corrected chi connectivity index (χ2v) is 3.87. The molecule has 1 rings (SSSR count). The SMILES string of the molecule is COCOc1cc(OC(C)=O)c(Cl)c(C)c1C=O. The molecule has 6 heteroatoms. The highest BCUT2D eigenvalue weighted by Gasteiger charge is 2.16. The summed E-state index contributed by atoms with van der Waals surface area (Å²) >= 11 is 6.00. The van der Waals surface area contributed by atoms with Gasteiger partial charge in [-0.1, -0.05) is 11.6 Å². The number of methoxy groups -OCH3 is 1. The second-order valence-electron chi connectivity index (χ2n) is 3.49. The Kier molecular flexibility index (Phi) is 5.12. The summed E-state index contributed by atoms with van der Waals surface area (Å²) in [6.07, 6.45) is 0.629. The third-order valence-electron chi connectivity index (χ3n) is 2.18. The van der Waals surface area contributed by atoms with Crippen LogP contribution in [-0.4, -0.2) is 26.2 Å². The molecular weight excluding hydrogens is 260 g/mol. The molecule has 0 heterocycles. The molecule has 0 atom stereocenters. The Morgan fingerprint density at radius 3 is 2.61 bits per heavy atom. The van der Waals surface area contributed by atoms with Crippen LogP contribution in [0.2, 0.25) is 5.02 Å². The standard InChI is InChI=1S/C12H13ClO5/c1-7-9(5-14)10(17-6-16-3)4-11(12(7)13)18-8(2)15/h4-5H,6H2,1-3H3. The van der Waals surface area contributed by atoms with Crippen molar-refractivity contribution in [2.24, 2.45) is 0 Å². The number of hydrogen-bond acceptors (Lipinski definition) is 5. The number of carbonyl (C=O) groups excluding carboxylic acids is 2. The van der Waals surface area contributed by atoms with Gasteiger partial charge in [0.05, 0.1) is 10.6 Å². The van der Waals surface area contributed by atoms with E-state index in [1.807, 2.05) is 0 Å². The molecule has 0 radical (unpaired) electrons. The second kappa shape index (κ2) is 6.37. The van der Waals surface area contributed by atoms with Gasteiger partial charge in [0.25, 0.3) is 0 Å². The Labute approximate surface area is 110 Å². The summed E-state index contributed by atoms with van der Waals surface area (Å²) in [4.78, 5) is 22.0. The predicted molar refractivity (Wildman–Crippen MR) is 65.4 cm³/mol. The van der Waals surface area contributed by atoms with Gasteiger partial charge < -0.3 is 14.2 Å². The molecule has 0 N–H and O–H groups in total. The van der Waals surface area contributed by atoms with E-state index < -0.39 is 5.97 Å². The maximum Gasteiger partial charge on any atom is 0.308 e. The summed E-state index contributed by atoms with van der Waals surface area (Å²) in [5, 5.41) is 0.206. The van der Waals surface area contributed by atoms with Gasteiger partial charge >= 0.3 is 5.97 Å². The van der Waals surface area contributed by atoms with E-state index >= 15 is 0 Å². The van der Waals surface area contributed by atoms with E-state index in [9.17, 15) is 9.59 Å². The van der Waals surface area contributed by atoms with E-state index in [1.165, 1.54) is 20.1 Å². The van der Waals surface area contributed by atoms with Crippen molar-refractivity contribution >= 4 is 23.9 Å². The topological polar surface area (TPSA) is 61.8 Å². The molecule has 0 bridgehead atoms. The van der Waals surface area contributed by atoms with Crippen LogP contribution in [0.15, 0.2) is 6.07 Å². The van der Waals surface area contributed by atoms with Crippen LogP contribution in [0.3, 0.4) is 0 Å². The summed E-state index contributed by atoms with van der Waals surface area (Å²) in [6, 6.07) is 1.39. The third-order valence-corrected chi connectivity index (χ3v) is 2.65. The normalized spacial score (nSPS) is 10.0. The third kappa shape index (κ3) is 3.21. The van der Waals surface area contributed by atoms with Gasteiger partial charge in [0.15, 0.2) is 18.8 Å². The number of hydrogen-bond donors (Lipinski definition) is 0. The van der Waals surface area contributed by atoms with E-state index in [-0.39, 0.29) is 23.3 Å². The molecule has 0 aliphatic carbocycles. The van der Waals surface area contributed by atoms with Crippen LogP contribution in [-0.2, 0) is 9.53 Å². The fourth-order valence-corrected chi connectivity index (χ4v) is 1.56. The molecule has 0 aromatic heterocycles. The Bertz CT molecular complexity index is 470. The zero-order valence-corrected chi connectivity index (χ0v) is 11.0. The smallest absolute Gasteiger partial charge is 0.308 e. The summed E-state index contributed by atoms with van der Waals surface area (Å²) in [5.74, 6) is -0.101. The monoisotopic (exact) mass is 272 g/mol. The van der Waals surface area contributed by atoms with Crippen LogP contribution < -0.4 is 9.47 Å². The number of benzene rings is 1. The van der Waals surface area contributed by atoms with Gasteiger partial charge in [-0.15, -0.1) is 0 Å². The van der Waals surface area contributed by atoms with Crippen molar-refractivity contribution in [2.45, 2.75) is 13.8 Å². The average Bonchev–Trinajstić information content (AvgIpc) is 2.32. The molecule has 1 aromatic carbocycles. The number of halogens is 1. The van der Waals surface area contributed by atoms with Crippen molar-refractivity contribution in [3.8, 4) is 11.5 Å². The molecule has 0 saturated heterocycles. The lowest BCUT2D eigenvalue weighted by molar-refractivity contribution is -0.131. The average molecular weight is 273 g/mol. The summed E-state index contributed by atoms with van der Waals surface area (Å²) in [6.45, 7) is 2.87. The van der Waals surface area contributed by atoms with Crippen molar-refractivity contribution < 1.29 is 23.8 Å². The lowest BCUT2D eigenvalue weighted by Gasteiger charge is -2.13. The highest BCUT2D eigenvalue weighted by Crippen LogP contribution is 2.36. The molecule has 1 aromatic rings. The van der Waals surface area contributed by atoms with Gasteiger partial charge in [-0.25, -0.2) is 0 Å². The van der Waals surface area contributed by atoms with E-state index in [2.05, 4.69) is 0 Å². The van der Waals surface area contributed by atoms with Crippen LogP contribution >= 0.6 is 11.6 Å². The number of ether oxygens (including phenoxy) is 3. The van der Waals surface area contributed by atoms with Crippen molar-refractivity contribution in [3.63, 3.8) is 0 Å². The van der Waals surface area contributed by atoms with Gasteiger partial charge in [0.1, 0.15) is 5.75 Å². The first kappa shape index (κ1) is 14.5. The lowest BCUT2D eigenvalue weighted by Crippen LogP contribution is -2.07. The van der Waals surface area contributed by atoms with E-state index in [4.69, 9.17) is 25.8 Å². The van der Waals surface area contributed by atoms with E-state index in [0.29, 0.717) is 17.4 Å². The summed E-state index contributed by atoms with van der Waals surface area (Å²) < 4.78 is 14.9. The Morgan fingerprint density at radius 2 is 2.11 bits per heavy atom. The van der Waals surface area contributed by atoms with Gasteiger partial charge in [0, 0.05) is 20.1 Å². The van der Waals surface area contributed by atoms with Gasteiger partial charge in [0.2, 0.25) is 0 Å². The van der Waals surface area contributed by atoms with Gasteiger partial charge in [-0.2, -0.15) is 0 Å². The quantitative estimate of drug-likeness (QED) is 0.356. The fraction of sp³-hybridized carbons (Fsp3) is 0.333. The molecule has 0 fully saturated rings. The molecule has 0 unspecified atom stereocenters. The minimum atomic E-state index is -0.507. The molecule has 18 heavy (non-hydrogen) atoms. The summed E-state index contributed by atoms with van der Waals surface area (Å²) in [5.41, 5.74) is 0.782. The van der Waals surface area contributed by atoms with Crippen LogP contribution in [0.5, 0.6) is 11.5 Å². The summed E-state index contributed by atoms with van der Waals surface area (Å²) in [7, 11) is 1.45. The number of esters is 1. The first-order valence-corrected chi connectivity index (χ1v) is 5.47. The minimum absolute atomic E-state index is 0.0264. The number of rotatable bonds is 5. The Balaban J connectivity index is 3.26. The maximum absolute atomic E-state index is 11.0. The first-order valence-electron chi connectivity index (χ1n) is 5.09. The largest absolute Gasteiger partial charge is 0.467 e. The predicted octanol–water partition coefficient (Wildman–Crippen LogP) is 2.37. The lowest BCUT2D eigenvalue weighted by atomic mass is 10.1. The van der Waals surface area contributed by atoms with Gasteiger partial charge in [-0.05, 0) is 12.5 Å². The molecule has 0 spiro atoms. The van der Waals surface area contributed by atoms with Crippen LogP contribution in [0.25, 0.3) is 0 Å². The maximum atomic E-state index is 11.0. The molecular formula is C12H13ClO5. The number of aldehydes is 1. The van der Waals surface area contributed by atoms with Crippen molar-refractivity contribution in [2.75, 3.05) is 13.9 Å². The molecule has 98 valence electrons. The highest BCUT2D eigenvalue weighted by atomic mass is 35.5. The highest BCUT2D eigenvalue weighted by molar-refractivity contribution is 6.33. The molecule has 0 saturated carbocycles. The number of carbonyl (C=O) groups is 2. The first-order chi connectivity index (χ1) is 8.51. The van der Waals surface area contributed by atoms with Crippen molar-refractivity contribution in [3.05, 3.63) is 22.2 Å². The minimum Gasteiger partial charge on any atom is -0.467 e. The van der Waals surface area contributed by atoms with Crippen molar-refractivity contribution in [1.82, 2.24) is 0 Å². The fourth-order valence-electron chi connectivity index (χ4n) is 1.37. The van der Waals surface area contributed by atoms with Crippen LogP contribution in [0, 0.1) is 6.92 Å². The molecule has 0 aliphatic heterocycles. The Morgan fingerprint density at radius 1 is 1.44 bits per heavy atom. The Hall–Kier alpha value is -1.59. The zero-order chi connectivity index (χ0) is 13.7.